The van der Waals surface area contributed by atoms with E-state index in [9.17, 15) is 8.42 Å². The molecular formula is C11H23NO3S. The molecule has 0 aromatic rings. The van der Waals surface area contributed by atoms with Gasteiger partial charge >= 0.3 is 0 Å². The van der Waals surface area contributed by atoms with Crippen molar-refractivity contribution in [2.24, 2.45) is 11.7 Å². The third-order valence-corrected chi connectivity index (χ3v) is 5.09. The second-order valence-corrected chi connectivity index (χ2v) is 6.95. The van der Waals surface area contributed by atoms with E-state index in [1.165, 1.54) is 0 Å². The van der Waals surface area contributed by atoms with Crippen LogP contribution in [0.4, 0.5) is 0 Å². The Kier molecular flexibility index (Phi) is 5.72. The van der Waals surface area contributed by atoms with Gasteiger partial charge in [-0.1, -0.05) is 6.42 Å². The predicted molar refractivity (Wildman–Crippen MR) is 65.1 cm³/mol. The van der Waals surface area contributed by atoms with E-state index in [4.69, 9.17) is 10.5 Å². The summed E-state index contributed by atoms with van der Waals surface area (Å²) in [6.45, 7) is 0.516. The summed E-state index contributed by atoms with van der Waals surface area (Å²) >= 11 is 0. The number of hydrogen-bond acceptors (Lipinski definition) is 4. The smallest absolute Gasteiger partial charge is 0.150 e. The molecule has 1 aliphatic rings. The average Bonchev–Trinajstić information content (AvgIpc) is 2.62. The summed E-state index contributed by atoms with van der Waals surface area (Å²) < 4.78 is 28.2. The molecule has 0 bridgehead atoms. The Labute approximate surface area is 98.5 Å². The highest BCUT2D eigenvalue weighted by Gasteiger charge is 2.25. The second-order valence-electron chi connectivity index (χ2n) is 4.64. The van der Waals surface area contributed by atoms with E-state index in [2.05, 4.69) is 0 Å². The van der Waals surface area contributed by atoms with Crippen molar-refractivity contribution in [2.45, 2.75) is 38.1 Å². The van der Waals surface area contributed by atoms with E-state index in [0.29, 0.717) is 18.9 Å². The lowest BCUT2D eigenvalue weighted by Crippen LogP contribution is -2.26. The van der Waals surface area contributed by atoms with Crippen LogP contribution >= 0.6 is 0 Å². The lowest BCUT2D eigenvalue weighted by molar-refractivity contribution is 0.199. The molecule has 0 heterocycles. The Morgan fingerprint density at radius 3 is 2.62 bits per heavy atom. The van der Waals surface area contributed by atoms with Gasteiger partial charge in [0, 0.05) is 19.8 Å². The summed E-state index contributed by atoms with van der Waals surface area (Å²) in [5.74, 6) is 0.940. The van der Waals surface area contributed by atoms with Crippen molar-refractivity contribution >= 4 is 9.84 Å². The Morgan fingerprint density at radius 1 is 1.31 bits per heavy atom. The summed E-state index contributed by atoms with van der Waals surface area (Å²) in [4.78, 5) is 0. The van der Waals surface area contributed by atoms with Crippen LogP contribution in [0.2, 0.25) is 0 Å². The van der Waals surface area contributed by atoms with Gasteiger partial charge in [0.05, 0.1) is 11.5 Å². The lowest BCUT2D eigenvalue weighted by atomic mass is 10.0. The SMILES string of the molecule is COCCCS(=O)(=O)CCC1CCCC1N. The van der Waals surface area contributed by atoms with Gasteiger partial charge in [-0.05, 0) is 31.6 Å². The van der Waals surface area contributed by atoms with E-state index in [1.807, 2.05) is 0 Å². The van der Waals surface area contributed by atoms with Crippen LogP contribution in [-0.2, 0) is 14.6 Å². The fraction of sp³-hybridized carbons (Fsp3) is 1.00. The van der Waals surface area contributed by atoms with Crippen molar-refractivity contribution < 1.29 is 13.2 Å². The second kappa shape index (κ2) is 6.57. The molecule has 0 amide bonds. The fourth-order valence-electron chi connectivity index (χ4n) is 2.28. The minimum Gasteiger partial charge on any atom is -0.385 e. The average molecular weight is 249 g/mol. The predicted octanol–water partition coefficient (Wildman–Crippen LogP) is 0.955. The van der Waals surface area contributed by atoms with Crippen LogP contribution in [0.3, 0.4) is 0 Å². The van der Waals surface area contributed by atoms with Crippen LogP contribution in [-0.4, -0.2) is 39.7 Å². The standard InChI is InChI=1S/C11H23NO3S/c1-15-7-3-8-16(13,14)9-6-10-4-2-5-11(10)12/h10-11H,2-9,12H2,1H3. The van der Waals surface area contributed by atoms with Gasteiger partial charge in [0.1, 0.15) is 9.84 Å². The molecule has 0 aromatic heterocycles. The first kappa shape index (κ1) is 13.9. The van der Waals surface area contributed by atoms with Crippen molar-refractivity contribution in [2.75, 3.05) is 25.2 Å². The Morgan fingerprint density at radius 2 is 2.06 bits per heavy atom. The first-order valence-corrected chi connectivity index (χ1v) is 7.82. The van der Waals surface area contributed by atoms with Gasteiger partial charge in [-0.15, -0.1) is 0 Å². The summed E-state index contributed by atoms with van der Waals surface area (Å²) in [6, 6.07) is 0.217. The van der Waals surface area contributed by atoms with Gasteiger partial charge in [-0.3, -0.25) is 0 Å². The van der Waals surface area contributed by atoms with Gasteiger partial charge in [0.25, 0.3) is 0 Å². The zero-order valence-corrected chi connectivity index (χ0v) is 10.8. The molecule has 16 heavy (non-hydrogen) atoms. The number of hydrogen-bond donors (Lipinski definition) is 1. The summed E-state index contributed by atoms with van der Waals surface area (Å²) in [5.41, 5.74) is 5.92. The quantitative estimate of drug-likeness (QED) is 0.682. The topological polar surface area (TPSA) is 69.4 Å². The molecule has 2 N–H and O–H groups in total. The zero-order valence-electron chi connectivity index (χ0n) is 10.0. The molecule has 0 saturated heterocycles. The minimum absolute atomic E-state index is 0.217. The van der Waals surface area contributed by atoms with Crippen molar-refractivity contribution in [1.82, 2.24) is 0 Å². The maximum atomic E-state index is 11.7. The lowest BCUT2D eigenvalue weighted by Gasteiger charge is -2.14. The van der Waals surface area contributed by atoms with E-state index in [0.717, 1.165) is 25.7 Å². The first-order chi connectivity index (χ1) is 7.55. The van der Waals surface area contributed by atoms with Gasteiger partial charge in [0.15, 0.2) is 0 Å². The minimum atomic E-state index is -2.90. The third kappa shape index (κ3) is 4.80. The van der Waals surface area contributed by atoms with E-state index >= 15 is 0 Å². The molecule has 5 heteroatoms. The summed E-state index contributed by atoms with van der Waals surface area (Å²) in [6.07, 6.45) is 4.62. The van der Waals surface area contributed by atoms with Crippen molar-refractivity contribution in [1.29, 1.82) is 0 Å². The molecule has 0 spiro atoms. The molecule has 1 rings (SSSR count). The monoisotopic (exact) mass is 249 g/mol. The summed E-state index contributed by atoms with van der Waals surface area (Å²) in [7, 11) is -1.31. The van der Waals surface area contributed by atoms with Crippen LogP contribution in [0, 0.1) is 5.92 Å². The summed E-state index contributed by atoms with van der Waals surface area (Å²) in [5, 5.41) is 0. The van der Waals surface area contributed by atoms with Crippen molar-refractivity contribution in [3.63, 3.8) is 0 Å². The van der Waals surface area contributed by atoms with Crippen LogP contribution in [0.15, 0.2) is 0 Å². The number of rotatable bonds is 7. The van der Waals surface area contributed by atoms with Gasteiger partial charge < -0.3 is 10.5 Å². The Bertz CT molecular complexity index is 290. The maximum Gasteiger partial charge on any atom is 0.150 e. The highest BCUT2D eigenvalue weighted by atomic mass is 32.2. The highest BCUT2D eigenvalue weighted by molar-refractivity contribution is 7.91. The molecule has 2 atom stereocenters. The van der Waals surface area contributed by atoms with Crippen molar-refractivity contribution in [3.8, 4) is 0 Å². The number of nitrogens with two attached hydrogens (primary N) is 1. The van der Waals surface area contributed by atoms with Crippen LogP contribution in [0.1, 0.15) is 32.1 Å². The molecule has 0 aliphatic heterocycles. The molecule has 2 unspecified atom stereocenters. The molecule has 0 aromatic carbocycles. The largest absolute Gasteiger partial charge is 0.385 e. The van der Waals surface area contributed by atoms with Gasteiger partial charge in [0.2, 0.25) is 0 Å². The van der Waals surface area contributed by atoms with E-state index < -0.39 is 9.84 Å². The van der Waals surface area contributed by atoms with E-state index in [1.54, 1.807) is 7.11 Å². The van der Waals surface area contributed by atoms with Gasteiger partial charge in [-0.2, -0.15) is 0 Å². The van der Waals surface area contributed by atoms with Crippen LogP contribution in [0.5, 0.6) is 0 Å². The molecule has 96 valence electrons. The molecule has 0 radical (unpaired) electrons. The molecular weight excluding hydrogens is 226 g/mol. The Hall–Kier alpha value is -0.130. The van der Waals surface area contributed by atoms with Crippen LogP contribution < -0.4 is 5.73 Å². The first-order valence-electron chi connectivity index (χ1n) is 6.00. The number of ether oxygens (including phenoxy) is 1. The van der Waals surface area contributed by atoms with Gasteiger partial charge in [-0.25, -0.2) is 8.42 Å². The fourth-order valence-corrected chi connectivity index (χ4v) is 3.70. The van der Waals surface area contributed by atoms with E-state index in [-0.39, 0.29) is 17.5 Å². The maximum absolute atomic E-state index is 11.7. The molecule has 1 aliphatic carbocycles. The highest BCUT2D eigenvalue weighted by Crippen LogP contribution is 2.27. The Balaban J connectivity index is 2.24. The third-order valence-electron chi connectivity index (χ3n) is 3.32. The molecule has 4 nitrogen and oxygen atoms in total. The zero-order chi connectivity index (χ0) is 12.0. The normalized spacial score (nSPS) is 26.1. The van der Waals surface area contributed by atoms with Crippen molar-refractivity contribution in [3.05, 3.63) is 0 Å². The number of methoxy groups -OCH3 is 1. The molecule has 1 fully saturated rings. The number of sulfone groups is 1. The molecule has 1 saturated carbocycles. The van der Waals surface area contributed by atoms with Crippen LogP contribution in [0.25, 0.3) is 0 Å².